The predicted molar refractivity (Wildman–Crippen MR) is 192 cm³/mol. The molecule has 2 saturated carbocycles. The van der Waals surface area contributed by atoms with Gasteiger partial charge in [-0.3, -0.25) is 9.59 Å². The fourth-order valence-corrected chi connectivity index (χ4v) is 10.8. The maximum absolute atomic E-state index is 13.2. The molecule has 4 aliphatic rings. The molecule has 12 heteroatoms. The highest BCUT2D eigenvalue weighted by Gasteiger charge is 2.66. The molecule has 50 heavy (non-hydrogen) atoms. The number of rotatable bonds is 6. The van der Waals surface area contributed by atoms with Gasteiger partial charge >= 0.3 is 0 Å². The molecule has 0 radical (unpaired) electrons. The Hall–Kier alpha value is -3.70. The largest absolute Gasteiger partial charge is 0.273 e. The molecule has 0 unspecified atom stereocenters. The minimum absolute atomic E-state index is 0.164. The minimum Gasteiger partial charge on any atom is -0.273 e. The van der Waals surface area contributed by atoms with E-state index in [1.165, 1.54) is 0 Å². The first-order valence-corrected chi connectivity index (χ1v) is 20.1. The molecule has 4 aromatic rings. The van der Waals surface area contributed by atoms with Gasteiger partial charge in [-0.05, 0) is 111 Å². The van der Waals surface area contributed by atoms with Crippen LogP contribution in [-0.4, -0.2) is 50.3 Å². The van der Waals surface area contributed by atoms with Gasteiger partial charge in [0.05, 0.1) is 20.6 Å². The van der Waals surface area contributed by atoms with Gasteiger partial charge in [-0.2, -0.15) is 0 Å². The van der Waals surface area contributed by atoms with Crippen LogP contribution in [0, 0.1) is 25.7 Å². The predicted octanol–water partition coefficient (Wildman–Crippen LogP) is 7.05. The van der Waals surface area contributed by atoms with Gasteiger partial charge in [0.25, 0.3) is 20.0 Å². The molecule has 4 atom stereocenters. The van der Waals surface area contributed by atoms with E-state index in [0.717, 1.165) is 30.9 Å². The monoisotopic (exact) mass is 750 g/mol. The zero-order valence-electron chi connectivity index (χ0n) is 27.6. The van der Waals surface area contributed by atoms with Crippen molar-refractivity contribution in [2.24, 2.45) is 11.8 Å². The molecular formula is C38H36Cl2N2O6S2. The molecular weight excluding hydrogens is 715 g/mol. The summed E-state index contributed by atoms with van der Waals surface area (Å²) in [7, 11) is -7.66. The third kappa shape index (κ3) is 5.74. The molecule has 4 fully saturated rings. The van der Waals surface area contributed by atoms with Crippen molar-refractivity contribution in [2.75, 3.05) is 13.1 Å². The van der Waals surface area contributed by atoms with E-state index >= 15 is 0 Å². The van der Waals surface area contributed by atoms with E-state index < -0.39 is 30.9 Å². The van der Waals surface area contributed by atoms with Gasteiger partial charge in [-0.1, -0.05) is 82.9 Å². The average Bonchev–Trinajstić information content (AvgIpc) is 4.01. The molecule has 4 aromatic carbocycles. The quantitative estimate of drug-likeness (QED) is 0.209. The zero-order chi connectivity index (χ0) is 35.6. The van der Waals surface area contributed by atoms with Crippen molar-refractivity contribution < 1.29 is 26.4 Å². The Balaban J connectivity index is 0.000000157. The van der Waals surface area contributed by atoms with Crippen LogP contribution in [0.5, 0.6) is 0 Å². The Kier molecular flexibility index (Phi) is 8.69. The number of nitrogens with zero attached hydrogens (tertiary/aromatic N) is 2. The summed E-state index contributed by atoms with van der Waals surface area (Å²) in [4.78, 5) is 26.7. The number of hydrogen-bond acceptors (Lipinski definition) is 6. The van der Waals surface area contributed by atoms with Crippen LogP contribution in [0.25, 0.3) is 0 Å². The Morgan fingerprint density at radius 2 is 0.860 bits per heavy atom. The van der Waals surface area contributed by atoms with E-state index in [0.29, 0.717) is 35.7 Å². The summed E-state index contributed by atoms with van der Waals surface area (Å²) < 4.78 is 54.1. The standard InChI is InChI=1S/2C19H18ClNO3S/c2*1-13-2-8-17(9-3-13)25(23,24)21-11-10-15-12-19(15,18(21)22)14-4-6-16(20)7-5-14/h2*2-9,15H,10-12H2,1H3/t2*15-,19-/m10/s1. The maximum Gasteiger partial charge on any atom is 0.266 e. The van der Waals surface area contributed by atoms with Crippen LogP contribution in [0.2, 0.25) is 10.0 Å². The average molecular weight is 752 g/mol. The highest BCUT2D eigenvalue weighted by molar-refractivity contribution is 7.90. The second-order valence-corrected chi connectivity index (χ2v) is 18.3. The molecule has 2 aliphatic heterocycles. The summed E-state index contributed by atoms with van der Waals surface area (Å²) in [6, 6.07) is 27.6. The number of amides is 2. The number of hydrogen-bond donors (Lipinski definition) is 0. The number of piperidine rings is 2. The van der Waals surface area contributed by atoms with Crippen LogP contribution in [0.15, 0.2) is 107 Å². The van der Waals surface area contributed by atoms with Crippen LogP contribution in [0.1, 0.15) is 47.9 Å². The van der Waals surface area contributed by atoms with Crippen molar-refractivity contribution in [3.8, 4) is 0 Å². The van der Waals surface area contributed by atoms with Gasteiger partial charge in [-0.25, -0.2) is 25.4 Å². The SMILES string of the molecule is Cc1ccc(S(=O)(=O)N2CC[C@@H]3C[C@]3(c3ccc(Cl)cc3)C2=O)cc1.Cc1ccc(S(=O)(=O)N2CC[C@H]3C[C@@]3(c3ccc(Cl)cc3)C2=O)cc1. The summed E-state index contributed by atoms with van der Waals surface area (Å²) in [5.74, 6) is -0.199. The van der Waals surface area contributed by atoms with E-state index in [1.54, 1.807) is 72.8 Å². The number of fused-ring (bicyclic) bond motifs is 2. The lowest BCUT2D eigenvalue weighted by Gasteiger charge is -2.32. The van der Waals surface area contributed by atoms with Gasteiger partial charge in [0.15, 0.2) is 0 Å². The second kappa shape index (κ2) is 12.5. The van der Waals surface area contributed by atoms with Crippen LogP contribution >= 0.6 is 23.2 Å². The van der Waals surface area contributed by atoms with Gasteiger partial charge in [-0.15, -0.1) is 0 Å². The number of aryl methyl sites for hydroxylation is 2. The lowest BCUT2D eigenvalue weighted by Crippen LogP contribution is -2.47. The molecule has 0 aromatic heterocycles. The van der Waals surface area contributed by atoms with Crippen LogP contribution in [-0.2, 0) is 40.5 Å². The van der Waals surface area contributed by atoms with Crippen LogP contribution < -0.4 is 0 Å². The molecule has 0 spiro atoms. The van der Waals surface area contributed by atoms with E-state index in [2.05, 4.69) is 0 Å². The van der Waals surface area contributed by atoms with Crippen LogP contribution in [0.3, 0.4) is 0 Å². The number of halogens is 2. The van der Waals surface area contributed by atoms with Crippen molar-refractivity contribution in [1.82, 2.24) is 8.61 Å². The van der Waals surface area contributed by atoms with Gasteiger partial charge < -0.3 is 0 Å². The molecule has 2 amide bonds. The first kappa shape index (κ1) is 34.7. The molecule has 0 N–H and O–H groups in total. The molecule has 8 rings (SSSR count). The topological polar surface area (TPSA) is 109 Å². The highest BCUT2D eigenvalue weighted by Crippen LogP contribution is 2.61. The summed E-state index contributed by atoms with van der Waals surface area (Å²) >= 11 is 11.9. The fourth-order valence-electron chi connectivity index (χ4n) is 7.66. The van der Waals surface area contributed by atoms with Crippen molar-refractivity contribution in [3.05, 3.63) is 129 Å². The van der Waals surface area contributed by atoms with E-state index in [9.17, 15) is 26.4 Å². The summed E-state index contributed by atoms with van der Waals surface area (Å²) in [6.45, 7) is 4.28. The first-order chi connectivity index (χ1) is 23.7. The minimum atomic E-state index is -3.83. The Morgan fingerprint density at radius 3 is 1.18 bits per heavy atom. The van der Waals surface area contributed by atoms with Gasteiger partial charge in [0, 0.05) is 23.1 Å². The van der Waals surface area contributed by atoms with Gasteiger partial charge in [0.1, 0.15) is 0 Å². The molecule has 2 heterocycles. The van der Waals surface area contributed by atoms with Crippen molar-refractivity contribution in [2.45, 2.75) is 60.2 Å². The lowest BCUT2D eigenvalue weighted by molar-refractivity contribution is -0.131. The zero-order valence-corrected chi connectivity index (χ0v) is 30.7. The normalized spacial score (nSPS) is 25.6. The summed E-state index contributed by atoms with van der Waals surface area (Å²) in [6.07, 6.45) is 2.79. The van der Waals surface area contributed by atoms with E-state index in [-0.39, 0.29) is 46.5 Å². The van der Waals surface area contributed by atoms with E-state index in [1.807, 2.05) is 38.1 Å². The Labute approximate surface area is 303 Å². The molecule has 2 aliphatic carbocycles. The second-order valence-electron chi connectivity index (χ2n) is 13.7. The number of carbonyl (C=O) groups is 2. The molecule has 8 nitrogen and oxygen atoms in total. The number of carbonyl (C=O) groups excluding carboxylic acids is 2. The first-order valence-electron chi connectivity index (χ1n) is 16.5. The van der Waals surface area contributed by atoms with Crippen molar-refractivity contribution >= 4 is 55.1 Å². The summed E-state index contributed by atoms with van der Waals surface area (Å²) in [5, 5.41) is 1.20. The Morgan fingerprint density at radius 1 is 0.540 bits per heavy atom. The molecule has 2 saturated heterocycles. The maximum atomic E-state index is 13.2. The molecule has 0 bridgehead atoms. The summed E-state index contributed by atoms with van der Waals surface area (Å²) in [5.41, 5.74) is 2.25. The van der Waals surface area contributed by atoms with Crippen molar-refractivity contribution in [1.29, 1.82) is 0 Å². The molecule has 260 valence electrons. The Bertz CT molecular complexity index is 2030. The van der Waals surface area contributed by atoms with Crippen LogP contribution in [0.4, 0.5) is 0 Å². The third-order valence-electron chi connectivity index (χ3n) is 10.7. The number of benzene rings is 4. The smallest absolute Gasteiger partial charge is 0.266 e. The lowest BCUT2D eigenvalue weighted by atomic mass is 9.89. The van der Waals surface area contributed by atoms with Crippen molar-refractivity contribution in [3.63, 3.8) is 0 Å². The highest BCUT2D eigenvalue weighted by atomic mass is 35.5. The van der Waals surface area contributed by atoms with Gasteiger partial charge in [0.2, 0.25) is 11.8 Å². The van der Waals surface area contributed by atoms with E-state index in [4.69, 9.17) is 23.2 Å². The fraction of sp³-hybridized carbons (Fsp3) is 0.316. The number of sulfonamides is 2. The third-order valence-corrected chi connectivity index (χ3v) is 14.8.